The summed E-state index contributed by atoms with van der Waals surface area (Å²) < 4.78 is 35.9. The number of aliphatic hydroxyl groups is 3. The van der Waals surface area contributed by atoms with E-state index in [1.807, 2.05) is 26.0 Å². The Labute approximate surface area is 230 Å². The standard InChI is InChI=1S/C31H30F2N2O5/c1-18-12-20(10-11-30(3,4)39)13-19(2)27(18)35-15-21(6-9-25(35)38)26-28(23-8-7-22(32)14-24(23)33)40-29(34-26)31(5,16-36)17-37/h6-9,12-15,36-37,39H,16-17H2,1-5H3. The van der Waals surface area contributed by atoms with E-state index in [9.17, 15) is 28.9 Å². The van der Waals surface area contributed by atoms with Crippen LogP contribution in [0.3, 0.4) is 0 Å². The summed E-state index contributed by atoms with van der Waals surface area (Å²) in [5.41, 5.74) is 0.448. The molecule has 0 atom stereocenters. The Hall–Kier alpha value is -4.10. The smallest absolute Gasteiger partial charge is 0.255 e. The molecule has 2 aromatic carbocycles. The van der Waals surface area contributed by atoms with E-state index in [1.54, 1.807) is 20.0 Å². The van der Waals surface area contributed by atoms with Crippen molar-refractivity contribution < 1.29 is 28.5 Å². The highest BCUT2D eigenvalue weighted by atomic mass is 19.1. The highest BCUT2D eigenvalue weighted by Gasteiger charge is 2.33. The van der Waals surface area contributed by atoms with Crippen LogP contribution in [0.25, 0.3) is 28.3 Å². The maximum absolute atomic E-state index is 14.9. The second kappa shape index (κ2) is 10.8. The zero-order valence-corrected chi connectivity index (χ0v) is 22.8. The van der Waals surface area contributed by atoms with Gasteiger partial charge in [-0.05, 0) is 76.1 Å². The molecule has 0 unspecified atom stereocenters. The van der Waals surface area contributed by atoms with Crippen LogP contribution in [0.5, 0.6) is 0 Å². The molecule has 0 spiro atoms. The summed E-state index contributed by atoms with van der Waals surface area (Å²) in [6.07, 6.45) is 1.54. The molecule has 4 rings (SSSR count). The van der Waals surface area contributed by atoms with Crippen LogP contribution >= 0.6 is 0 Å². The predicted molar refractivity (Wildman–Crippen MR) is 147 cm³/mol. The number of hydrogen-bond donors (Lipinski definition) is 3. The molecule has 0 amide bonds. The molecule has 7 nitrogen and oxygen atoms in total. The van der Waals surface area contributed by atoms with Crippen molar-refractivity contribution in [2.75, 3.05) is 13.2 Å². The molecule has 2 aromatic heterocycles. The molecule has 4 aromatic rings. The van der Waals surface area contributed by atoms with Gasteiger partial charge < -0.3 is 19.7 Å². The second-order valence-electron chi connectivity index (χ2n) is 10.6. The number of aliphatic hydroxyl groups excluding tert-OH is 2. The molecule has 0 saturated carbocycles. The van der Waals surface area contributed by atoms with Gasteiger partial charge in [0.15, 0.2) is 5.76 Å². The van der Waals surface area contributed by atoms with Crippen LogP contribution in [0.15, 0.2) is 57.9 Å². The molecule has 0 radical (unpaired) electrons. The highest BCUT2D eigenvalue weighted by molar-refractivity contribution is 5.77. The van der Waals surface area contributed by atoms with E-state index in [1.165, 1.54) is 29.7 Å². The Kier molecular flexibility index (Phi) is 7.81. The molecule has 208 valence electrons. The Morgan fingerprint density at radius 2 is 1.65 bits per heavy atom. The van der Waals surface area contributed by atoms with Gasteiger partial charge in [-0.25, -0.2) is 13.8 Å². The van der Waals surface area contributed by atoms with Crippen LogP contribution in [0.4, 0.5) is 8.78 Å². The summed E-state index contributed by atoms with van der Waals surface area (Å²) in [6.45, 7) is 7.36. The van der Waals surface area contributed by atoms with Crippen molar-refractivity contribution in [1.82, 2.24) is 9.55 Å². The number of aryl methyl sites for hydroxylation is 2. The number of oxazole rings is 1. The maximum Gasteiger partial charge on any atom is 0.255 e. The first kappa shape index (κ1) is 28.9. The van der Waals surface area contributed by atoms with E-state index >= 15 is 0 Å². The van der Waals surface area contributed by atoms with Gasteiger partial charge in [-0.1, -0.05) is 11.8 Å². The van der Waals surface area contributed by atoms with Gasteiger partial charge in [-0.15, -0.1) is 0 Å². The molecule has 0 fully saturated rings. The summed E-state index contributed by atoms with van der Waals surface area (Å²) in [5.74, 6) is 3.97. The average Bonchev–Trinajstić information content (AvgIpc) is 3.33. The van der Waals surface area contributed by atoms with Crippen molar-refractivity contribution in [3.8, 4) is 40.1 Å². The lowest BCUT2D eigenvalue weighted by Crippen LogP contribution is -2.31. The van der Waals surface area contributed by atoms with Gasteiger partial charge in [-0.3, -0.25) is 9.36 Å². The van der Waals surface area contributed by atoms with Crippen LogP contribution in [0, 0.1) is 37.3 Å². The fourth-order valence-electron chi connectivity index (χ4n) is 4.25. The largest absolute Gasteiger partial charge is 0.439 e. The Morgan fingerprint density at radius 3 is 2.23 bits per heavy atom. The molecule has 3 N–H and O–H groups in total. The molecule has 40 heavy (non-hydrogen) atoms. The molecule has 0 aliphatic heterocycles. The van der Waals surface area contributed by atoms with Crippen molar-refractivity contribution in [2.45, 2.75) is 45.6 Å². The fourth-order valence-corrected chi connectivity index (χ4v) is 4.25. The van der Waals surface area contributed by atoms with Crippen molar-refractivity contribution >= 4 is 0 Å². The lowest BCUT2D eigenvalue weighted by molar-refractivity contribution is 0.109. The third-order valence-electron chi connectivity index (χ3n) is 6.45. The first-order valence-corrected chi connectivity index (χ1v) is 12.5. The first-order valence-electron chi connectivity index (χ1n) is 12.5. The van der Waals surface area contributed by atoms with Gasteiger partial charge in [0.1, 0.15) is 22.9 Å². The minimum atomic E-state index is -1.29. The normalized spacial score (nSPS) is 11.8. The lowest BCUT2D eigenvalue weighted by Gasteiger charge is -2.19. The van der Waals surface area contributed by atoms with Gasteiger partial charge in [0.2, 0.25) is 5.89 Å². The number of halogens is 2. The van der Waals surface area contributed by atoms with Gasteiger partial charge >= 0.3 is 0 Å². The molecule has 0 aliphatic carbocycles. The van der Waals surface area contributed by atoms with Crippen molar-refractivity contribution in [3.63, 3.8) is 0 Å². The van der Waals surface area contributed by atoms with E-state index < -0.39 is 35.9 Å². The number of aromatic nitrogens is 2. The number of benzene rings is 2. The lowest BCUT2D eigenvalue weighted by atomic mass is 9.93. The molecular weight excluding hydrogens is 518 g/mol. The minimum Gasteiger partial charge on any atom is -0.439 e. The molecular formula is C31H30F2N2O5. The Bertz CT molecular complexity index is 1680. The summed E-state index contributed by atoms with van der Waals surface area (Å²) in [7, 11) is 0. The summed E-state index contributed by atoms with van der Waals surface area (Å²) in [5, 5.41) is 29.8. The van der Waals surface area contributed by atoms with Gasteiger partial charge in [0.25, 0.3) is 5.56 Å². The average molecular weight is 549 g/mol. The monoisotopic (exact) mass is 548 g/mol. The number of pyridine rings is 1. The zero-order valence-electron chi connectivity index (χ0n) is 22.8. The molecule has 9 heteroatoms. The Balaban J connectivity index is 1.93. The maximum atomic E-state index is 14.9. The van der Waals surface area contributed by atoms with Gasteiger partial charge in [0, 0.05) is 29.5 Å². The van der Waals surface area contributed by atoms with Crippen LogP contribution in [-0.2, 0) is 5.41 Å². The molecule has 0 saturated heterocycles. The Morgan fingerprint density at radius 1 is 1.00 bits per heavy atom. The summed E-state index contributed by atoms with van der Waals surface area (Å²) >= 11 is 0. The van der Waals surface area contributed by atoms with Crippen molar-refractivity contribution in [3.05, 3.63) is 93.2 Å². The van der Waals surface area contributed by atoms with Crippen LogP contribution in [-0.4, -0.2) is 43.7 Å². The van der Waals surface area contributed by atoms with Crippen molar-refractivity contribution in [1.29, 1.82) is 0 Å². The van der Waals surface area contributed by atoms with Crippen LogP contribution in [0.1, 0.15) is 43.4 Å². The van der Waals surface area contributed by atoms with E-state index in [4.69, 9.17) is 4.42 Å². The molecule has 0 bridgehead atoms. The zero-order chi connectivity index (χ0) is 29.4. The van der Waals surface area contributed by atoms with Crippen LogP contribution in [0.2, 0.25) is 0 Å². The number of rotatable bonds is 6. The van der Waals surface area contributed by atoms with E-state index in [2.05, 4.69) is 16.8 Å². The second-order valence-corrected chi connectivity index (χ2v) is 10.6. The number of nitrogens with zero attached hydrogens (tertiary/aromatic N) is 2. The topological polar surface area (TPSA) is 109 Å². The van der Waals surface area contributed by atoms with E-state index in [0.717, 1.165) is 17.2 Å². The van der Waals surface area contributed by atoms with E-state index in [-0.39, 0.29) is 28.5 Å². The molecule has 0 aliphatic rings. The first-order chi connectivity index (χ1) is 18.8. The predicted octanol–water partition coefficient (Wildman–Crippen LogP) is 4.42. The van der Waals surface area contributed by atoms with E-state index in [0.29, 0.717) is 22.9 Å². The third-order valence-corrected chi connectivity index (χ3v) is 6.45. The van der Waals surface area contributed by atoms with Crippen molar-refractivity contribution in [2.24, 2.45) is 0 Å². The minimum absolute atomic E-state index is 0.0449. The summed E-state index contributed by atoms with van der Waals surface area (Å²) in [6, 6.07) is 9.47. The molecule has 2 heterocycles. The SMILES string of the molecule is Cc1cc(C#CC(C)(C)O)cc(C)c1-n1cc(-c2nc(C(C)(CO)CO)oc2-c2ccc(F)cc2F)ccc1=O. The quantitative estimate of drug-likeness (QED) is 0.308. The fraction of sp³-hybridized carbons (Fsp3) is 0.290. The highest BCUT2D eigenvalue weighted by Crippen LogP contribution is 2.37. The van der Waals surface area contributed by atoms with Crippen LogP contribution < -0.4 is 5.56 Å². The van der Waals surface area contributed by atoms with Gasteiger partial charge in [-0.2, -0.15) is 0 Å². The third kappa shape index (κ3) is 5.75. The summed E-state index contributed by atoms with van der Waals surface area (Å²) in [4.78, 5) is 17.5. The van der Waals surface area contributed by atoms with Gasteiger partial charge in [0.05, 0.1) is 29.9 Å². The number of hydrogen-bond acceptors (Lipinski definition) is 6.